The van der Waals surface area contributed by atoms with Gasteiger partial charge in [-0.15, -0.1) is 0 Å². The third kappa shape index (κ3) is 4.31. The van der Waals surface area contributed by atoms with Crippen molar-refractivity contribution in [1.29, 1.82) is 0 Å². The summed E-state index contributed by atoms with van der Waals surface area (Å²) in [5, 5.41) is 5.52. The second-order valence-electron chi connectivity index (χ2n) is 3.65. The van der Waals surface area contributed by atoms with Crippen molar-refractivity contribution in [3.05, 3.63) is 42.5 Å². The van der Waals surface area contributed by atoms with Gasteiger partial charge in [0, 0.05) is 13.6 Å². The molecule has 0 amide bonds. The van der Waals surface area contributed by atoms with E-state index in [0.29, 0.717) is 11.7 Å². The van der Waals surface area contributed by atoms with E-state index in [0.717, 1.165) is 11.3 Å². The van der Waals surface area contributed by atoms with Crippen molar-refractivity contribution in [2.24, 2.45) is 0 Å². The molecule has 0 saturated heterocycles. The molecule has 0 aliphatic rings. The number of nitrogens with one attached hydrogen (secondary N) is 2. The Morgan fingerprint density at radius 1 is 1.38 bits per heavy atom. The van der Waals surface area contributed by atoms with E-state index < -0.39 is 0 Å². The van der Waals surface area contributed by atoms with E-state index >= 15 is 0 Å². The van der Waals surface area contributed by atoms with Crippen LogP contribution in [0.4, 0.5) is 5.69 Å². The SMILES string of the molecule is C=C(C)CNC(=S)NN(C)c1ccccc1. The first-order valence-electron chi connectivity index (χ1n) is 5.07. The Balaban J connectivity index is 2.43. The number of hydrogen-bond acceptors (Lipinski definition) is 2. The van der Waals surface area contributed by atoms with Gasteiger partial charge in [-0.1, -0.05) is 30.4 Å². The number of anilines is 1. The summed E-state index contributed by atoms with van der Waals surface area (Å²) in [6, 6.07) is 9.97. The van der Waals surface area contributed by atoms with Crippen molar-refractivity contribution in [1.82, 2.24) is 10.7 Å². The maximum atomic E-state index is 5.14. The fraction of sp³-hybridized carbons (Fsp3) is 0.250. The summed E-state index contributed by atoms with van der Waals surface area (Å²) in [5.41, 5.74) is 5.17. The van der Waals surface area contributed by atoms with Gasteiger partial charge in [-0.3, -0.25) is 10.4 Å². The Morgan fingerprint density at radius 2 is 2.00 bits per heavy atom. The molecule has 86 valence electrons. The first kappa shape index (κ1) is 12.5. The minimum absolute atomic E-state index is 0.592. The number of benzene rings is 1. The van der Waals surface area contributed by atoms with Crippen molar-refractivity contribution in [2.45, 2.75) is 6.92 Å². The fourth-order valence-corrected chi connectivity index (χ4v) is 1.35. The number of para-hydroxylation sites is 1. The Morgan fingerprint density at radius 3 is 2.56 bits per heavy atom. The van der Waals surface area contributed by atoms with Gasteiger partial charge in [0.25, 0.3) is 0 Å². The topological polar surface area (TPSA) is 27.3 Å². The molecule has 0 aromatic heterocycles. The zero-order valence-corrected chi connectivity index (χ0v) is 10.5. The molecule has 0 aliphatic carbocycles. The second-order valence-corrected chi connectivity index (χ2v) is 4.05. The molecule has 0 spiro atoms. The minimum Gasteiger partial charge on any atom is -0.358 e. The number of rotatable bonds is 4. The zero-order chi connectivity index (χ0) is 12.0. The fourth-order valence-electron chi connectivity index (χ4n) is 1.14. The lowest BCUT2D eigenvalue weighted by Gasteiger charge is -2.22. The van der Waals surface area contributed by atoms with Gasteiger partial charge in [0.05, 0.1) is 5.69 Å². The Kier molecular flexibility index (Phi) is 4.79. The molecule has 3 nitrogen and oxygen atoms in total. The first-order chi connectivity index (χ1) is 7.59. The van der Waals surface area contributed by atoms with E-state index in [1.165, 1.54) is 0 Å². The van der Waals surface area contributed by atoms with Crippen LogP contribution in [0.2, 0.25) is 0 Å². The van der Waals surface area contributed by atoms with Crippen LogP contribution >= 0.6 is 12.2 Å². The van der Waals surface area contributed by atoms with Crippen LogP contribution in [0.3, 0.4) is 0 Å². The molecule has 2 N–H and O–H groups in total. The van der Waals surface area contributed by atoms with Crippen LogP contribution < -0.4 is 15.8 Å². The summed E-state index contributed by atoms with van der Waals surface area (Å²) in [6.07, 6.45) is 0. The molecule has 1 rings (SSSR count). The molecule has 16 heavy (non-hydrogen) atoms. The van der Waals surface area contributed by atoms with Crippen LogP contribution in [0.5, 0.6) is 0 Å². The third-order valence-corrected chi connectivity index (χ3v) is 2.20. The lowest BCUT2D eigenvalue weighted by Crippen LogP contribution is -2.45. The van der Waals surface area contributed by atoms with Gasteiger partial charge in [-0.05, 0) is 31.3 Å². The van der Waals surface area contributed by atoms with Crippen molar-refractivity contribution < 1.29 is 0 Å². The van der Waals surface area contributed by atoms with Gasteiger partial charge in [-0.25, -0.2) is 0 Å². The number of thiocarbonyl (C=S) groups is 1. The predicted octanol–water partition coefficient (Wildman–Crippen LogP) is 2.08. The highest BCUT2D eigenvalue weighted by molar-refractivity contribution is 7.80. The van der Waals surface area contributed by atoms with Crippen molar-refractivity contribution >= 4 is 23.0 Å². The van der Waals surface area contributed by atoms with E-state index in [4.69, 9.17) is 12.2 Å². The smallest absolute Gasteiger partial charge is 0.185 e. The lowest BCUT2D eigenvalue weighted by atomic mass is 10.3. The summed E-state index contributed by atoms with van der Waals surface area (Å²) >= 11 is 5.14. The third-order valence-electron chi connectivity index (χ3n) is 1.96. The van der Waals surface area contributed by atoms with Crippen LogP contribution in [0.15, 0.2) is 42.5 Å². The Bertz CT molecular complexity index is 362. The maximum Gasteiger partial charge on any atom is 0.185 e. The molecular weight excluding hydrogens is 218 g/mol. The van der Waals surface area contributed by atoms with Crippen LogP contribution in [-0.2, 0) is 0 Å². The van der Waals surface area contributed by atoms with E-state index in [-0.39, 0.29) is 0 Å². The summed E-state index contributed by atoms with van der Waals surface area (Å²) in [4.78, 5) is 0. The molecule has 0 heterocycles. The highest BCUT2D eigenvalue weighted by Crippen LogP contribution is 2.07. The van der Waals surface area contributed by atoms with E-state index in [9.17, 15) is 0 Å². The molecule has 0 fully saturated rings. The van der Waals surface area contributed by atoms with Crippen molar-refractivity contribution in [3.8, 4) is 0 Å². The molecule has 0 unspecified atom stereocenters. The summed E-state index contributed by atoms with van der Waals surface area (Å²) in [5.74, 6) is 0. The maximum absolute atomic E-state index is 5.14. The minimum atomic E-state index is 0.592. The Labute approximate surface area is 102 Å². The summed E-state index contributed by atoms with van der Waals surface area (Å²) in [6.45, 7) is 6.44. The average molecular weight is 235 g/mol. The van der Waals surface area contributed by atoms with Crippen LogP contribution in [0, 0.1) is 0 Å². The monoisotopic (exact) mass is 235 g/mol. The molecule has 0 saturated carbocycles. The van der Waals surface area contributed by atoms with Crippen LogP contribution in [0.1, 0.15) is 6.92 Å². The highest BCUT2D eigenvalue weighted by atomic mass is 32.1. The second kappa shape index (κ2) is 6.12. The summed E-state index contributed by atoms with van der Waals surface area (Å²) in [7, 11) is 1.92. The molecule has 0 aliphatic heterocycles. The average Bonchev–Trinajstić information content (AvgIpc) is 2.27. The number of nitrogens with zero attached hydrogens (tertiary/aromatic N) is 1. The largest absolute Gasteiger partial charge is 0.358 e. The lowest BCUT2D eigenvalue weighted by molar-refractivity contribution is 0.839. The first-order valence-corrected chi connectivity index (χ1v) is 5.48. The van der Waals surface area contributed by atoms with Gasteiger partial charge in [-0.2, -0.15) is 0 Å². The van der Waals surface area contributed by atoms with Crippen LogP contribution in [0.25, 0.3) is 0 Å². The molecular formula is C12H17N3S. The van der Waals surface area contributed by atoms with Gasteiger partial charge in [0.15, 0.2) is 5.11 Å². The molecule has 0 radical (unpaired) electrons. The molecule has 0 bridgehead atoms. The van der Waals surface area contributed by atoms with Gasteiger partial charge < -0.3 is 5.32 Å². The number of hydrazine groups is 1. The quantitative estimate of drug-likeness (QED) is 0.475. The Hall–Kier alpha value is -1.55. The van der Waals surface area contributed by atoms with Crippen LogP contribution in [-0.4, -0.2) is 18.7 Å². The summed E-state index contributed by atoms with van der Waals surface area (Å²) < 4.78 is 0. The zero-order valence-electron chi connectivity index (χ0n) is 9.66. The molecule has 1 aromatic carbocycles. The van der Waals surface area contributed by atoms with E-state index in [1.807, 2.05) is 49.3 Å². The van der Waals surface area contributed by atoms with Gasteiger partial charge >= 0.3 is 0 Å². The van der Waals surface area contributed by atoms with Crippen molar-refractivity contribution in [2.75, 3.05) is 18.6 Å². The van der Waals surface area contributed by atoms with Crippen molar-refractivity contribution in [3.63, 3.8) is 0 Å². The normalized spacial score (nSPS) is 9.38. The molecule has 0 atom stereocenters. The van der Waals surface area contributed by atoms with Gasteiger partial charge in [0.1, 0.15) is 0 Å². The van der Waals surface area contributed by atoms with E-state index in [2.05, 4.69) is 17.3 Å². The predicted molar refractivity (Wildman–Crippen MR) is 73.4 cm³/mol. The standard InChI is InChI=1S/C12H17N3S/c1-10(2)9-13-12(16)14-15(3)11-7-5-4-6-8-11/h4-8H,1,9H2,2-3H3,(H2,13,14,16). The number of hydrogen-bond donors (Lipinski definition) is 2. The van der Waals surface area contributed by atoms with Gasteiger partial charge in [0.2, 0.25) is 0 Å². The molecule has 1 aromatic rings. The molecule has 4 heteroatoms. The highest BCUT2D eigenvalue weighted by Gasteiger charge is 2.01. The van der Waals surface area contributed by atoms with E-state index in [1.54, 1.807) is 0 Å².